The summed E-state index contributed by atoms with van der Waals surface area (Å²) < 4.78 is 0. The van der Waals surface area contributed by atoms with Gasteiger partial charge in [-0.1, -0.05) is 20.8 Å². The van der Waals surface area contributed by atoms with Crippen LogP contribution in [-0.4, -0.2) is 30.1 Å². The maximum absolute atomic E-state index is 4.65. The summed E-state index contributed by atoms with van der Waals surface area (Å²) in [6.07, 6.45) is 1.99. The number of aryl methyl sites for hydroxylation is 1. The van der Waals surface area contributed by atoms with Gasteiger partial charge >= 0.3 is 0 Å². The molecule has 1 rings (SSSR count). The van der Waals surface area contributed by atoms with Gasteiger partial charge in [-0.15, -0.1) is 0 Å². The molecule has 102 valence electrons. The van der Waals surface area contributed by atoms with E-state index in [1.54, 1.807) is 0 Å². The summed E-state index contributed by atoms with van der Waals surface area (Å²) in [5, 5.41) is 3.11. The number of nitrogens with one attached hydrogen (secondary N) is 1. The number of aromatic nitrogens is 2. The minimum atomic E-state index is 0.457. The van der Waals surface area contributed by atoms with Gasteiger partial charge in [-0.05, 0) is 19.3 Å². The van der Waals surface area contributed by atoms with Crippen molar-refractivity contribution in [2.75, 3.05) is 24.3 Å². The van der Waals surface area contributed by atoms with Gasteiger partial charge in [0.15, 0.2) is 0 Å². The molecule has 0 amide bonds. The van der Waals surface area contributed by atoms with Crippen LogP contribution in [0.15, 0.2) is 6.07 Å². The summed E-state index contributed by atoms with van der Waals surface area (Å²) in [4.78, 5) is 11.4. The minimum Gasteiger partial charge on any atom is -0.373 e. The third-order valence-corrected chi connectivity index (χ3v) is 3.43. The molecule has 0 aliphatic heterocycles. The Labute approximate surface area is 111 Å². The third kappa shape index (κ3) is 3.59. The highest BCUT2D eigenvalue weighted by Crippen LogP contribution is 2.20. The fraction of sp³-hybridized carbons (Fsp3) is 0.714. The molecule has 1 unspecified atom stereocenters. The lowest BCUT2D eigenvalue weighted by atomic mass is 10.1. The molecule has 0 aliphatic rings. The van der Waals surface area contributed by atoms with E-state index in [1.807, 2.05) is 13.1 Å². The summed E-state index contributed by atoms with van der Waals surface area (Å²) in [5.41, 5.74) is 0. The van der Waals surface area contributed by atoms with E-state index in [1.165, 1.54) is 0 Å². The second kappa shape index (κ2) is 6.57. The molecule has 1 aromatic heterocycles. The maximum Gasteiger partial charge on any atom is 0.134 e. The molecule has 0 aromatic carbocycles. The fourth-order valence-corrected chi connectivity index (χ4v) is 1.78. The topological polar surface area (TPSA) is 41.1 Å². The fourth-order valence-electron chi connectivity index (χ4n) is 1.78. The first-order chi connectivity index (χ1) is 8.49. The summed E-state index contributed by atoms with van der Waals surface area (Å²) in [5.74, 6) is 3.41. The van der Waals surface area contributed by atoms with E-state index >= 15 is 0 Å². The van der Waals surface area contributed by atoms with E-state index in [2.05, 4.69) is 54.9 Å². The monoisotopic (exact) mass is 250 g/mol. The summed E-state index contributed by atoms with van der Waals surface area (Å²) >= 11 is 0. The zero-order chi connectivity index (χ0) is 13.7. The van der Waals surface area contributed by atoms with Crippen molar-refractivity contribution >= 4 is 11.6 Å². The molecule has 0 radical (unpaired) electrons. The van der Waals surface area contributed by atoms with Crippen LogP contribution in [0.2, 0.25) is 0 Å². The van der Waals surface area contributed by atoms with Crippen molar-refractivity contribution in [2.45, 2.75) is 46.6 Å². The van der Waals surface area contributed by atoms with E-state index in [0.717, 1.165) is 30.3 Å². The predicted octanol–water partition coefficient (Wildman–Crippen LogP) is 2.95. The van der Waals surface area contributed by atoms with Gasteiger partial charge < -0.3 is 10.2 Å². The third-order valence-electron chi connectivity index (χ3n) is 3.43. The molecule has 1 heterocycles. The van der Waals surface area contributed by atoms with Crippen molar-refractivity contribution in [3.63, 3.8) is 0 Å². The molecule has 1 atom stereocenters. The summed E-state index contributed by atoms with van der Waals surface area (Å²) in [7, 11) is 4.00. The van der Waals surface area contributed by atoms with E-state index in [9.17, 15) is 0 Å². The SMILES string of the molecule is CCCc1nc(NC)cc(N(C)C(C)C(C)C)n1. The molecular formula is C14H26N4. The molecule has 0 bridgehead atoms. The molecule has 4 heteroatoms. The largest absolute Gasteiger partial charge is 0.373 e. The van der Waals surface area contributed by atoms with E-state index in [0.29, 0.717) is 12.0 Å². The highest BCUT2D eigenvalue weighted by atomic mass is 15.2. The van der Waals surface area contributed by atoms with Crippen LogP contribution in [-0.2, 0) is 6.42 Å². The highest BCUT2D eigenvalue weighted by molar-refractivity contribution is 5.49. The lowest BCUT2D eigenvalue weighted by molar-refractivity contribution is 0.502. The second-order valence-electron chi connectivity index (χ2n) is 5.12. The quantitative estimate of drug-likeness (QED) is 0.843. The van der Waals surface area contributed by atoms with Crippen LogP contribution in [0.25, 0.3) is 0 Å². The zero-order valence-corrected chi connectivity index (χ0v) is 12.5. The minimum absolute atomic E-state index is 0.457. The Kier molecular flexibility index (Phi) is 5.38. The lowest BCUT2D eigenvalue weighted by Crippen LogP contribution is -2.34. The van der Waals surface area contributed by atoms with Crippen LogP contribution >= 0.6 is 0 Å². The normalized spacial score (nSPS) is 12.6. The van der Waals surface area contributed by atoms with Crippen molar-refractivity contribution in [2.24, 2.45) is 5.92 Å². The average molecular weight is 250 g/mol. The van der Waals surface area contributed by atoms with Crippen LogP contribution < -0.4 is 10.2 Å². The Bertz CT molecular complexity index is 376. The van der Waals surface area contributed by atoms with Crippen LogP contribution in [0.5, 0.6) is 0 Å². The molecule has 0 aliphatic carbocycles. The zero-order valence-electron chi connectivity index (χ0n) is 12.5. The molecular weight excluding hydrogens is 224 g/mol. The van der Waals surface area contributed by atoms with Gasteiger partial charge in [-0.2, -0.15) is 0 Å². The van der Waals surface area contributed by atoms with Crippen molar-refractivity contribution in [1.29, 1.82) is 0 Å². The summed E-state index contributed by atoms with van der Waals surface area (Å²) in [6, 6.07) is 2.47. The van der Waals surface area contributed by atoms with Crippen LogP contribution in [0, 0.1) is 5.92 Å². The van der Waals surface area contributed by atoms with Gasteiger partial charge in [0, 0.05) is 32.6 Å². The lowest BCUT2D eigenvalue weighted by Gasteiger charge is -2.29. The molecule has 0 spiro atoms. The summed E-state index contributed by atoms with van der Waals surface area (Å²) in [6.45, 7) is 8.84. The van der Waals surface area contributed by atoms with Crippen LogP contribution in [0.4, 0.5) is 11.6 Å². The van der Waals surface area contributed by atoms with Crippen molar-refractivity contribution in [3.8, 4) is 0 Å². The number of nitrogens with zero attached hydrogens (tertiary/aromatic N) is 3. The van der Waals surface area contributed by atoms with Gasteiger partial charge in [-0.3, -0.25) is 0 Å². The van der Waals surface area contributed by atoms with Gasteiger partial charge in [0.05, 0.1) is 0 Å². The number of hydrogen-bond donors (Lipinski definition) is 1. The molecule has 0 fully saturated rings. The first kappa shape index (κ1) is 14.7. The van der Waals surface area contributed by atoms with Gasteiger partial charge in [0.2, 0.25) is 0 Å². The van der Waals surface area contributed by atoms with Crippen LogP contribution in [0.1, 0.15) is 39.9 Å². The standard InChI is InChI=1S/C14H26N4/c1-7-8-12-16-13(15-5)9-14(17-12)18(6)11(4)10(2)3/h9-11H,7-8H2,1-6H3,(H,15,16,17). The molecule has 18 heavy (non-hydrogen) atoms. The van der Waals surface area contributed by atoms with Crippen LogP contribution in [0.3, 0.4) is 0 Å². The van der Waals surface area contributed by atoms with E-state index < -0.39 is 0 Å². The van der Waals surface area contributed by atoms with Crippen molar-refractivity contribution in [1.82, 2.24) is 9.97 Å². The number of rotatable bonds is 6. The predicted molar refractivity (Wildman–Crippen MR) is 78.3 cm³/mol. The van der Waals surface area contributed by atoms with Gasteiger partial charge in [0.25, 0.3) is 0 Å². The highest BCUT2D eigenvalue weighted by Gasteiger charge is 2.16. The molecule has 1 aromatic rings. The van der Waals surface area contributed by atoms with E-state index in [4.69, 9.17) is 0 Å². The first-order valence-electron chi connectivity index (χ1n) is 6.78. The Hall–Kier alpha value is -1.32. The Morgan fingerprint density at radius 2 is 1.94 bits per heavy atom. The Balaban J connectivity index is 3.03. The van der Waals surface area contributed by atoms with Gasteiger partial charge in [0.1, 0.15) is 17.5 Å². The average Bonchev–Trinajstić information content (AvgIpc) is 2.36. The molecule has 4 nitrogen and oxygen atoms in total. The molecule has 0 saturated carbocycles. The number of hydrogen-bond acceptors (Lipinski definition) is 4. The molecule has 1 N–H and O–H groups in total. The van der Waals surface area contributed by atoms with Crippen molar-refractivity contribution in [3.05, 3.63) is 11.9 Å². The Morgan fingerprint density at radius 3 is 2.44 bits per heavy atom. The first-order valence-corrected chi connectivity index (χ1v) is 6.78. The number of anilines is 2. The second-order valence-corrected chi connectivity index (χ2v) is 5.12. The van der Waals surface area contributed by atoms with Crippen molar-refractivity contribution < 1.29 is 0 Å². The maximum atomic E-state index is 4.65. The molecule has 0 saturated heterocycles. The smallest absolute Gasteiger partial charge is 0.134 e. The van der Waals surface area contributed by atoms with E-state index in [-0.39, 0.29) is 0 Å². The van der Waals surface area contributed by atoms with Gasteiger partial charge in [-0.25, -0.2) is 9.97 Å². The Morgan fingerprint density at radius 1 is 1.28 bits per heavy atom.